The van der Waals surface area contributed by atoms with Crippen LogP contribution in [0.5, 0.6) is 0 Å². The van der Waals surface area contributed by atoms with Gasteiger partial charge in [-0.15, -0.1) is 0 Å². The number of fused-ring (bicyclic) bond motifs is 1. The van der Waals surface area contributed by atoms with Crippen LogP contribution in [0.25, 0.3) is 0 Å². The summed E-state index contributed by atoms with van der Waals surface area (Å²) in [6.45, 7) is 0.700. The highest BCUT2D eigenvalue weighted by atomic mass is 15.1. The Morgan fingerprint density at radius 2 is 2.00 bits per heavy atom. The van der Waals surface area contributed by atoms with Gasteiger partial charge < -0.3 is 11.1 Å². The summed E-state index contributed by atoms with van der Waals surface area (Å²) in [7, 11) is 0. The molecule has 0 bridgehead atoms. The van der Waals surface area contributed by atoms with Gasteiger partial charge in [-0.05, 0) is 38.5 Å². The molecule has 1 saturated carbocycles. The van der Waals surface area contributed by atoms with Gasteiger partial charge in [-0.2, -0.15) is 0 Å². The fraction of sp³-hybridized carbons (Fsp3) is 0.692. The zero-order chi connectivity index (χ0) is 11.7. The third-order valence-electron chi connectivity index (χ3n) is 4.00. The molecule has 0 unspecified atom stereocenters. The molecule has 4 nitrogen and oxygen atoms in total. The molecule has 17 heavy (non-hydrogen) atoms. The van der Waals surface area contributed by atoms with Crippen LogP contribution >= 0.6 is 0 Å². The van der Waals surface area contributed by atoms with Crippen LogP contribution in [0.15, 0.2) is 6.33 Å². The Labute approximate surface area is 102 Å². The van der Waals surface area contributed by atoms with Crippen molar-refractivity contribution in [2.45, 2.75) is 50.5 Å². The molecule has 1 aromatic rings. The standard InChI is InChI=1S/C13H20N4/c14-8-13(6-7-13)17-12-10-4-2-1-3-5-11(10)15-9-16-12/h9H,1-8,14H2,(H,15,16,17). The molecule has 0 aliphatic heterocycles. The maximum atomic E-state index is 5.82. The Bertz CT molecular complexity index is 412. The molecule has 0 amide bonds. The van der Waals surface area contributed by atoms with Gasteiger partial charge in [0.2, 0.25) is 0 Å². The van der Waals surface area contributed by atoms with Crippen molar-refractivity contribution < 1.29 is 0 Å². The fourth-order valence-corrected chi connectivity index (χ4v) is 2.59. The number of aromatic nitrogens is 2. The van der Waals surface area contributed by atoms with E-state index in [1.54, 1.807) is 6.33 Å². The van der Waals surface area contributed by atoms with Gasteiger partial charge in [-0.3, -0.25) is 0 Å². The molecular weight excluding hydrogens is 212 g/mol. The Balaban J connectivity index is 1.89. The average molecular weight is 232 g/mol. The van der Waals surface area contributed by atoms with Crippen LogP contribution in [0, 0.1) is 0 Å². The second-order valence-electron chi connectivity index (χ2n) is 5.32. The summed E-state index contributed by atoms with van der Waals surface area (Å²) < 4.78 is 0. The minimum absolute atomic E-state index is 0.133. The second-order valence-corrected chi connectivity index (χ2v) is 5.32. The molecule has 2 aliphatic rings. The van der Waals surface area contributed by atoms with E-state index in [2.05, 4.69) is 15.3 Å². The number of hydrogen-bond donors (Lipinski definition) is 2. The first kappa shape index (κ1) is 11.0. The first-order valence-corrected chi connectivity index (χ1v) is 6.64. The molecule has 4 heteroatoms. The lowest BCUT2D eigenvalue weighted by molar-refractivity contribution is 0.707. The Morgan fingerprint density at radius 1 is 1.18 bits per heavy atom. The summed E-state index contributed by atoms with van der Waals surface area (Å²) in [6, 6.07) is 0. The minimum atomic E-state index is 0.133. The maximum absolute atomic E-state index is 5.82. The van der Waals surface area contributed by atoms with Crippen LogP contribution in [0.4, 0.5) is 5.82 Å². The summed E-state index contributed by atoms with van der Waals surface area (Å²) in [5.74, 6) is 1.04. The molecule has 0 atom stereocenters. The molecule has 0 aromatic carbocycles. The largest absolute Gasteiger partial charge is 0.363 e. The zero-order valence-corrected chi connectivity index (χ0v) is 10.2. The van der Waals surface area contributed by atoms with Gasteiger partial charge in [0.15, 0.2) is 0 Å². The highest BCUT2D eigenvalue weighted by Crippen LogP contribution is 2.38. The van der Waals surface area contributed by atoms with E-state index in [-0.39, 0.29) is 5.54 Å². The highest BCUT2D eigenvalue weighted by molar-refractivity contribution is 5.50. The lowest BCUT2D eigenvalue weighted by Gasteiger charge is -2.19. The van der Waals surface area contributed by atoms with E-state index in [0.717, 1.165) is 18.7 Å². The third kappa shape index (κ3) is 2.14. The van der Waals surface area contributed by atoms with Crippen LogP contribution in [-0.4, -0.2) is 22.1 Å². The van der Waals surface area contributed by atoms with Crippen molar-refractivity contribution in [3.8, 4) is 0 Å². The van der Waals surface area contributed by atoms with E-state index >= 15 is 0 Å². The normalized spacial score (nSPS) is 21.5. The lowest BCUT2D eigenvalue weighted by Crippen LogP contribution is -2.32. The highest BCUT2D eigenvalue weighted by Gasteiger charge is 2.42. The molecule has 1 aromatic heterocycles. The van der Waals surface area contributed by atoms with Gasteiger partial charge >= 0.3 is 0 Å². The van der Waals surface area contributed by atoms with Gasteiger partial charge in [0.25, 0.3) is 0 Å². The van der Waals surface area contributed by atoms with E-state index in [0.29, 0.717) is 6.54 Å². The second kappa shape index (κ2) is 4.26. The first-order valence-electron chi connectivity index (χ1n) is 6.64. The first-order chi connectivity index (χ1) is 8.33. The monoisotopic (exact) mass is 232 g/mol. The van der Waals surface area contributed by atoms with Crippen LogP contribution < -0.4 is 11.1 Å². The van der Waals surface area contributed by atoms with Crippen molar-refractivity contribution in [2.75, 3.05) is 11.9 Å². The molecular formula is C13H20N4. The van der Waals surface area contributed by atoms with Crippen molar-refractivity contribution in [3.63, 3.8) is 0 Å². The third-order valence-corrected chi connectivity index (χ3v) is 4.00. The van der Waals surface area contributed by atoms with Gasteiger partial charge in [0.05, 0.1) is 5.54 Å². The van der Waals surface area contributed by atoms with E-state index < -0.39 is 0 Å². The van der Waals surface area contributed by atoms with E-state index in [1.165, 1.54) is 43.4 Å². The van der Waals surface area contributed by atoms with E-state index in [9.17, 15) is 0 Å². The van der Waals surface area contributed by atoms with E-state index in [1.807, 2.05) is 0 Å². The summed E-state index contributed by atoms with van der Waals surface area (Å²) in [4.78, 5) is 8.86. The zero-order valence-electron chi connectivity index (χ0n) is 10.2. The summed E-state index contributed by atoms with van der Waals surface area (Å²) in [5.41, 5.74) is 8.53. The molecule has 3 rings (SSSR count). The van der Waals surface area contributed by atoms with Gasteiger partial charge in [-0.25, -0.2) is 9.97 Å². The number of nitrogens with zero attached hydrogens (tertiary/aromatic N) is 2. The van der Waals surface area contributed by atoms with Gasteiger partial charge in [0.1, 0.15) is 12.1 Å². The Hall–Kier alpha value is -1.16. The minimum Gasteiger partial charge on any atom is -0.363 e. The predicted octanol–water partition coefficient (Wildman–Crippen LogP) is 1.65. The number of anilines is 1. The molecule has 92 valence electrons. The molecule has 1 fully saturated rings. The number of nitrogens with one attached hydrogen (secondary N) is 1. The molecule has 3 N–H and O–H groups in total. The van der Waals surface area contributed by atoms with Crippen LogP contribution in [0.1, 0.15) is 43.4 Å². The Kier molecular flexibility index (Phi) is 2.74. The smallest absolute Gasteiger partial charge is 0.133 e. The van der Waals surface area contributed by atoms with Crippen molar-refractivity contribution in [2.24, 2.45) is 5.73 Å². The topological polar surface area (TPSA) is 63.8 Å². The molecule has 0 spiro atoms. The summed E-state index contributed by atoms with van der Waals surface area (Å²) >= 11 is 0. The number of nitrogens with two attached hydrogens (primary N) is 1. The molecule has 0 saturated heterocycles. The van der Waals surface area contributed by atoms with Crippen molar-refractivity contribution in [1.29, 1.82) is 0 Å². The molecule has 0 radical (unpaired) electrons. The predicted molar refractivity (Wildman–Crippen MR) is 67.9 cm³/mol. The van der Waals surface area contributed by atoms with E-state index in [4.69, 9.17) is 5.73 Å². The molecule has 2 aliphatic carbocycles. The molecule has 1 heterocycles. The fourth-order valence-electron chi connectivity index (χ4n) is 2.59. The van der Waals surface area contributed by atoms with Crippen LogP contribution in [0.3, 0.4) is 0 Å². The number of rotatable bonds is 3. The number of aryl methyl sites for hydroxylation is 1. The maximum Gasteiger partial charge on any atom is 0.133 e. The van der Waals surface area contributed by atoms with Crippen molar-refractivity contribution >= 4 is 5.82 Å². The number of hydrogen-bond acceptors (Lipinski definition) is 4. The van der Waals surface area contributed by atoms with Crippen molar-refractivity contribution in [1.82, 2.24) is 9.97 Å². The summed E-state index contributed by atoms with van der Waals surface area (Å²) in [6.07, 6.45) is 10.1. The van der Waals surface area contributed by atoms with Crippen molar-refractivity contribution in [3.05, 3.63) is 17.6 Å². The Morgan fingerprint density at radius 3 is 2.76 bits per heavy atom. The SMILES string of the molecule is NCC1(Nc2ncnc3c2CCCCC3)CC1. The van der Waals surface area contributed by atoms with Crippen LogP contribution in [0.2, 0.25) is 0 Å². The quantitative estimate of drug-likeness (QED) is 0.778. The van der Waals surface area contributed by atoms with Gasteiger partial charge in [-0.1, -0.05) is 6.42 Å². The van der Waals surface area contributed by atoms with Crippen LogP contribution in [-0.2, 0) is 12.8 Å². The summed E-state index contributed by atoms with van der Waals surface area (Å²) in [5, 5.41) is 3.56. The average Bonchev–Trinajstić information content (AvgIpc) is 3.13. The van der Waals surface area contributed by atoms with Gasteiger partial charge in [0, 0.05) is 17.8 Å². The lowest BCUT2D eigenvalue weighted by atomic mass is 10.1.